The Kier molecular flexibility index (Phi) is 8.88. The minimum absolute atomic E-state index is 0.601. The average Bonchev–Trinajstić information content (AvgIpc) is 3.65. The number of morpholine rings is 1. The van der Waals surface area contributed by atoms with Gasteiger partial charge in [-0.2, -0.15) is 18.2 Å². The Morgan fingerprint density at radius 2 is 1.97 bits per heavy atom. The first-order valence-corrected chi connectivity index (χ1v) is 11.1. The van der Waals surface area contributed by atoms with Crippen molar-refractivity contribution < 1.29 is 27.8 Å². The van der Waals surface area contributed by atoms with E-state index in [2.05, 4.69) is 38.7 Å². The second-order valence-corrected chi connectivity index (χ2v) is 7.92. The highest BCUT2D eigenvalue weighted by atomic mass is 19.4. The summed E-state index contributed by atoms with van der Waals surface area (Å²) in [5.74, 6) is -0.599. The fourth-order valence-corrected chi connectivity index (χ4v) is 3.33. The van der Waals surface area contributed by atoms with Crippen molar-refractivity contribution in [1.29, 1.82) is 0 Å². The van der Waals surface area contributed by atoms with E-state index in [1.807, 2.05) is 12.3 Å². The van der Waals surface area contributed by atoms with Gasteiger partial charge in [0.05, 0.1) is 13.2 Å². The maximum Gasteiger partial charge on any atom is 0.490 e. The van der Waals surface area contributed by atoms with Crippen LogP contribution in [0.4, 0.5) is 36.3 Å². The maximum atomic E-state index is 10.6. The average molecular weight is 483 g/mol. The lowest BCUT2D eigenvalue weighted by Gasteiger charge is -2.29. The highest BCUT2D eigenvalue weighted by molar-refractivity contribution is 5.73. The Hall–Kier alpha value is -3.12. The quantitative estimate of drug-likeness (QED) is 0.419. The topological polar surface area (TPSA) is 126 Å². The Morgan fingerprint density at radius 3 is 2.59 bits per heavy atom. The summed E-state index contributed by atoms with van der Waals surface area (Å²) in [6, 6.07) is 8.38. The van der Waals surface area contributed by atoms with E-state index in [1.165, 1.54) is 24.1 Å². The van der Waals surface area contributed by atoms with Crippen LogP contribution in [-0.2, 0) is 9.53 Å². The molecule has 1 saturated heterocycles. The van der Waals surface area contributed by atoms with Crippen LogP contribution in [0.5, 0.6) is 0 Å². The van der Waals surface area contributed by atoms with Gasteiger partial charge in [-0.1, -0.05) is 6.07 Å². The number of carboxylic acid groups (broad SMARTS) is 1. The van der Waals surface area contributed by atoms with Gasteiger partial charge in [0, 0.05) is 42.8 Å². The molecule has 1 aliphatic carbocycles. The molecule has 1 aromatic heterocycles. The van der Waals surface area contributed by atoms with Gasteiger partial charge in [0.1, 0.15) is 5.82 Å². The monoisotopic (exact) mass is 482 g/mol. The lowest BCUT2D eigenvalue weighted by atomic mass is 10.2. The second-order valence-electron chi connectivity index (χ2n) is 7.92. The van der Waals surface area contributed by atoms with E-state index >= 15 is 0 Å². The van der Waals surface area contributed by atoms with Gasteiger partial charge >= 0.3 is 12.1 Å². The van der Waals surface area contributed by atoms with Crippen LogP contribution in [-0.4, -0.2) is 66.6 Å². The van der Waals surface area contributed by atoms with E-state index in [0.717, 1.165) is 50.8 Å². The van der Waals surface area contributed by atoms with Crippen LogP contribution in [0.1, 0.15) is 30.7 Å². The number of nitrogens with two attached hydrogens (primary N) is 1. The van der Waals surface area contributed by atoms with Gasteiger partial charge < -0.3 is 31.1 Å². The Balaban J connectivity index is 0.000000406. The van der Waals surface area contributed by atoms with E-state index in [9.17, 15) is 13.2 Å². The fourth-order valence-electron chi connectivity index (χ4n) is 3.33. The molecule has 1 aliphatic heterocycles. The molecule has 186 valence electrons. The van der Waals surface area contributed by atoms with Crippen molar-refractivity contribution in [3.8, 4) is 0 Å². The number of hydrogen-bond donors (Lipinski definition) is 4. The first-order valence-electron chi connectivity index (χ1n) is 11.1. The molecule has 0 radical (unpaired) electrons. The summed E-state index contributed by atoms with van der Waals surface area (Å²) in [7, 11) is 0. The molecule has 4 rings (SSSR count). The molecule has 0 amide bonds. The Morgan fingerprint density at radius 1 is 1.26 bits per heavy atom. The molecule has 0 bridgehead atoms. The third kappa shape index (κ3) is 7.73. The standard InChI is InChI=1S/C20H28N6O.C2HF3O2/c21-7-2-8-22-19-18(15-5-6-15)14-23-20(25-19)24-16-3-1-4-17(13-16)26-9-11-27-12-10-26;3-2(4,5)1(6)7/h1,3-4,13-15H,2,5-12,21H2,(H2,22,23,24,25);(H,6,7). The summed E-state index contributed by atoms with van der Waals surface area (Å²) in [6.45, 7) is 4.91. The molecular formula is C22H29F3N6O3. The second kappa shape index (κ2) is 11.8. The van der Waals surface area contributed by atoms with Crippen molar-refractivity contribution in [2.75, 3.05) is 54.9 Å². The zero-order valence-electron chi connectivity index (χ0n) is 18.6. The minimum atomic E-state index is -5.08. The Bertz CT molecular complexity index is 950. The largest absolute Gasteiger partial charge is 0.490 e. The number of alkyl halides is 3. The van der Waals surface area contributed by atoms with Crippen LogP contribution in [0.2, 0.25) is 0 Å². The van der Waals surface area contributed by atoms with E-state index in [1.54, 1.807) is 0 Å². The first-order chi connectivity index (χ1) is 16.3. The minimum Gasteiger partial charge on any atom is -0.475 e. The van der Waals surface area contributed by atoms with Crippen molar-refractivity contribution in [3.05, 3.63) is 36.0 Å². The number of nitrogens with zero attached hydrogens (tertiary/aromatic N) is 3. The molecule has 2 aromatic rings. The van der Waals surface area contributed by atoms with E-state index < -0.39 is 12.1 Å². The molecular weight excluding hydrogens is 453 g/mol. The van der Waals surface area contributed by atoms with Gasteiger partial charge in [0.2, 0.25) is 5.95 Å². The van der Waals surface area contributed by atoms with Crippen LogP contribution in [0, 0.1) is 0 Å². The third-order valence-electron chi connectivity index (χ3n) is 5.23. The summed E-state index contributed by atoms with van der Waals surface area (Å²) < 4.78 is 37.2. The third-order valence-corrected chi connectivity index (χ3v) is 5.23. The van der Waals surface area contributed by atoms with Crippen LogP contribution in [0.15, 0.2) is 30.5 Å². The molecule has 34 heavy (non-hydrogen) atoms. The number of aliphatic carboxylic acids is 1. The summed E-state index contributed by atoms with van der Waals surface area (Å²) >= 11 is 0. The molecule has 2 aliphatic rings. The first kappa shape index (κ1) is 25.5. The molecule has 1 saturated carbocycles. The number of carboxylic acids is 1. The van der Waals surface area contributed by atoms with Crippen LogP contribution in [0.3, 0.4) is 0 Å². The van der Waals surface area contributed by atoms with Gasteiger partial charge in [-0.15, -0.1) is 0 Å². The van der Waals surface area contributed by atoms with Gasteiger partial charge in [-0.05, 0) is 49.9 Å². The predicted octanol–water partition coefficient (Wildman–Crippen LogP) is 3.33. The van der Waals surface area contributed by atoms with E-state index in [4.69, 9.17) is 25.4 Å². The number of rotatable bonds is 8. The molecule has 12 heteroatoms. The zero-order valence-corrected chi connectivity index (χ0v) is 18.6. The summed E-state index contributed by atoms with van der Waals surface area (Å²) in [6.07, 6.45) is 0.259. The molecule has 2 heterocycles. The van der Waals surface area contributed by atoms with Crippen molar-refractivity contribution in [2.24, 2.45) is 5.73 Å². The summed E-state index contributed by atoms with van der Waals surface area (Å²) in [5.41, 5.74) is 9.02. The van der Waals surface area contributed by atoms with Crippen LogP contribution in [0.25, 0.3) is 0 Å². The molecule has 5 N–H and O–H groups in total. The molecule has 2 fully saturated rings. The number of ether oxygens (including phenoxy) is 1. The highest BCUT2D eigenvalue weighted by Crippen LogP contribution is 2.42. The molecule has 0 atom stereocenters. The zero-order chi connectivity index (χ0) is 24.6. The summed E-state index contributed by atoms with van der Waals surface area (Å²) in [4.78, 5) is 20.5. The number of nitrogens with one attached hydrogen (secondary N) is 2. The smallest absolute Gasteiger partial charge is 0.475 e. The van der Waals surface area contributed by atoms with E-state index in [-0.39, 0.29) is 0 Å². The molecule has 1 aromatic carbocycles. The maximum absolute atomic E-state index is 10.6. The number of hydrogen-bond acceptors (Lipinski definition) is 8. The lowest BCUT2D eigenvalue weighted by Crippen LogP contribution is -2.36. The van der Waals surface area contributed by atoms with Gasteiger partial charge in [0.15, 0.2) is 0 Å². The van der Waals surface area contributed by atoms with Gasteiger partial charge in [-0.25, -0.2) is 9.78 Å². The van der Waals surface area contributed by atoms with Gasteiger partial charge in [-0.3, -0.25) is 0 Å². The van der Waals surface area contributed by atoms with Crippen molar-refractivity contribution >= 4 is 29.1 Å². The van der Waals surface area contributed by atoms with Crippen LogP contribution < -0.4 is 21.3 Å². The number of carbonyl (C=O) groups is 1. The lowest BCUT2D eigenvalue weighted by molar-refractivity contribution is -0.192. The number of halogens is 3. The van der Waals surface area contributed by atoms with Gasteiger partial charge in [0.25, 0.3) is 0 Å². The normalized spacial score (nSPS) is 15.8. The molecule has 9 nitrogen and oxygen atoms in total. The number of aromatic nitrogens is 2. The van der Waals surface area contributed by atoms with Crippen LogP contribution >= 0.6 is 0 Å². The highest BCUT2D eigenvalue weighted by Gasteiger charge is 2.38. The predicted molar refractivity (Wildman–Crippen MR) is 123 cm³/mol. The fraction of sp³-hybridized carbons (Fsp3) is 0.500. The van der Waals surface area contributed by atoms with Crippen molar-refractivity contribution in [3.63, 3.8) is 0 Å². The number of benzene rings is 1. The van der Waals surface area contributed by atoms with E-state index in [0.29, 0.717) is 18.4 Å². The summed E-state index contributed by atoms with van der Waals surface area (Å²) in [5, 5.41) is 13.9. The SMILES string of the molecule is NCCCNc1nc(Nc2cccc(N3CCOCC3)c2)ncc1C1CC1.O=C(O)C(F)(F)F. The Labute approximate surface area is 195 Å². The number of anilines is 4. The molecule has 0 unspecified atom stereocenters. The molecule has 0 spiro atoms. The van der Waals surface area contributed by atoms with Crippen molar-refractivity contribution in [1.82, 2.24) is 9.97 Å². The van der Waals surface area contributed by atoms with Crippen molar-refractivity contribution in [2.45, 2.75) is 31.4 Å².